The summed E-state index contributed by atoms with van der Waals surface area (Å²) in [6.07, 6.45) is 3.49. The third-order valence-corrected chi connectivity index (χ3v) is 7.82. The monoisotopic (exact) mass is 474 g/mol. The number of rotatable bonds is 9. The van der Waals surface area contributed by atoms with Crippen LogP contribution in [0.4, 0.5) is 0 Å². The van der Waals surface area contributed by atoms with Crippen molar-refractivity contribution in [3.63, 3.8) is 0 Å². The van der Waals surface area contributed by atoms with Crippen LogP contribution >= 0.6 is 11.6 Å². The van der Waals surface area contributed by atoms with Crippen LogP contribution in [0, 0.1) is 0 Å². The van der Waals surface area contributed by atoms with E-state index in [2.05, 4.69) is 11.9 Å². The summed E-state index contributed by atoms with van der Waals surface area (Å²) in [5.74, 6) is -0.206. The Bertz CT molecular complexity index is 1080. The second-order valence-corrected chi connectivity index (χ2v) is 10.2. The van der Waals surface area contributed by atoms with Crippen molar-refractivity contribution >= 4 is 33.3 Å². The third-order valence-electron chi connectivity index (χ3n) is 5.57. The van der Waals surface area contributed by atoms with E-state index in [4.69, 9.17) is 11.6 Å². The first-order valence-electron chi connectivity index (χ1n) is 10.6. The van der Waals surface area contributed by atoms with Crippen LogP contribution in [0.25, 0.3) is 0 Å². The summed E-state index contributed by atoms with van der Waals surface area (Å²) < 4.78 is 27.4. The van der Waals surface area contributed by atoms with Gasteiger partial charge in [0.05, 0.1) is 4.90 Å². The smallest absolute Gasteiger partial charge is 0.243 e. The number of nitrogens with one attached hydrogen (secondary N) is 1. The van der Waals surface area contributed by atoms with E-state index in [0.29, 0.717) is 44.3 Å². The number of nitrogens with zero attached hydrogens (tertiary/aromatic N) is 1. The summed E-state index contributed by atoms with van der Waals surface area (Å²) in [7, 11) is -3.70. The zero-order chi connectivity index (χ0) is 23.1. The van der Waals surface area contributed by atoms with Crippen molar-refractivity contribution < 1.29 is 18.0 Å². The Hall–Kier alpha value is -2.48. The van der Waals surface area contributed by atoms with Crippen LogP contribution in [-0.2, 0) is 32.5 Å². The fourth-order valence-corrected chi connectivity index (χ4v) is 5.52. The zero-order valence-corrected chi connectivity index (χ0v) is 19.4. The van der Waals surface area contributed by atoms with Crippen molar-refractivity contribution in [1.29, 1.82) is 0 Å². The van der Waals surface area contributed by atoms with Gasteiger partial charge < -0.3 is 5.32 Å². The van der Waals surface area contributed by atoms with Crippen LogP contribution in [0.5, 0.6) is 0 Å². The molecule has 0 unspecified atom stereocenters. The first-order valence-corrected chi connectivity index (χ1v) is 12.4. The molecule has 170 valence electrons. The molecule has 6 nitrogen and oxygen atoms in total. The molecule has 1 saturated heterocycles. The average molecular weight is 475 g/mol. The van der Waals surface area contributed by atoms with Crippen molar-refractivity contribution in [1.82, 2.24) is 9.62 Å². The van der Waals surface area contributed by atoms with Gasteiger partial charge >= 0.3 is 0 Å². The highest BCUT2D eigenvalue weighted by atomic mass is 35.5. The van der Waals surface area contributed by atoms with Gasteiger partial charge in [-0.05, 0) is 48.6 Å². The molecule has 1 aliphatic heterocycles. The zero-order valence-electron chi connectivity index (χ0n) is 17.8. The predicted octanol–water partition coefficient (Wildman–Crippen LogP) is 3.54. The third kappa shape index (κ3) is 6.28. The van der Waals surface area contributed by atoms with E-state index in [1.165, 1.54) is 22.5 Å². The maximum Gasteiger partial charge on any atom is 0.243 e. The standard InChI is InChI=1S/C24H27ClN2O4S/c1-2-24(29)26-20-12-14-27(15-13-20)32(30,31)22-11-9-19(23(25)17-22)16-21(28)10-8-18-6-4-3-5-7-18/h2-7,9,11,17,20H,1,8,10,12-16H2,(H,26,29). The molecule has 0 aliphatic carbocycles. The number of hydrogen-bond acceptors (Lipinski definition) is 4. The van der Waals surface area contributed by atoms with E-state index in [1.807, 2.05) is 30.3 Å². The number of carbonyl (C=O) groups excluding carboxylic acids is 2. The first kappa shape index (κ1) is 24.2. The summed E-state index contributed by atoms with van der Waals surface area (Å²) in [5, 5.41) is 3.07. The van der Waals surface area contributed by atoms with Crippen molar-refractivity contribution in [2.75, 3.05) is 13.1 Å². The molecule has 0 atom stereocenters. The molecular formula is C24H27ClN2O4S. The second kappa shape index (κ2) is 10.9. The van der Waals surface area contributed by atoms with Gasteiger partial charge in [0.2, 0.25) is 15.9 Å². The first-order chi connectivity index (χ1) is 15.3. The van der Waals surface area contributed by atoms with Gasteiger partial charge in [0.1, 0.15) is 5.78 Å². The van der Waals surface area contributed by atoms with E-state index in [-0.39, 0.29) is 34.1 Å². The van der Waals surface area contributed by atoms with Crippen LogP contribution in [0.3, 0.4) is 0 Å². The van der Waals surface area contributed by atoms with Crippen LogP contribution in [0.15, 0.2) is 66.1 Å². The maximum absolute atomic E-state index is 13.0. The number of sulfonamides is 1. The summed E-state index contributed by atoms with van der Waals surface area (Å²) in [6, 6.07) is 14.3. The van der Waals surface area contributed by atoms with Crippen LogP contribution in [0.2, 0.25) is 5.02 Å². The number of benzene rings is 2. The molecule has 8 heteroatoms. The van der Waals surface area contributed by atoms with Crippen molar-refractivity contribution in [2.24, 2.45) is 0 Å². The molecule has 1 amide bonds. The van der Waals surface area contributed by atoms with E-state index in [9.17, 15) is 18.0 Å². The molecule has 3 rings (SSSR count). The van der Waals surface area contributed by atoms with Gasteiger partial charge in [-0.15, -0.1) is 0 Å². The lowest BCUT2D eigenvalue weighted by Crippen LogP contribution is -2.46. The minimum atomic E-state index is -3.70. The Kier molecular flexibility index (Phi) is 8.23. The molecule has 0 saturated carbocycles. The van der Waals surface area contributed by atoms with Gasteiger partial charge in [0, 0.05) is 37.0 Å². The minimum absolute atomic E-state index is 0.0509. The van der Waals surface area contributed by atoms with Gasteiger partial charge in [0.15, 0.2) is 0 Å². The maximum atomic E-state index is 13.0. The van der Waals surface area contributed by atoms with Crippen LogP contribution in [0.1, 0.15) is 30.4 Å². The quantitative estimate of drug-likeness (QED) is 0.563. The lowest BCUT2D eigenvalue weighted by atomic mass is 10.0. The molecule has 32 heavy (non-hydrogen) atoms. The molecule has 1 N–H and O–H groups in total. The Morgan fingerprint density at radius 2 is 1.81 bits per heavy atom. The Balaban J connectivity index is 1.59. The van der Waals surface area contributed by atoms with Gasteiger partial charge in [0.25, 0.3) is 0 Å². The Labute approximate surface area is 194 Å². The molecule has 0 spiro atoms. The molecule has 0 aromatic heterocycles. The van der Waals surface area contributed by atoms with Gasteiger partial charge in [-0.25, -0.2) is 8.42 Å². The fourth-order valence-electron chi connectivity index (χ4n) is 3.71. The topological polar surface area (TPSA) is 83.6 Å². The molecule has 1 fully saturated rings. The number of carbonyl (C=O) groups is 2. The number of hydrogen-bond donors (Lipinski definition) is 1. The molecule has 0 bridgehead atoms. The van der Waals surface area contributed by atoms with E-state index < -0.39 is 10.0 Å². The van der Waals surface area contributed by atoms with E-state index >= 15 is 0 Å². The van der Waals surface area contributed by atoms with Gasteiger partial charge in [-0.3, -0.25) is 9.59 Å². The lowest BCUT2D eigenvalue weighted by molar-refractivity contribution is -0.118. The molecule has 1 heterocycles. The summed E-state index contributed by atoms with van der Waals surface area (Å²) in [5.41, 5.74) is 1.72. The predicted molar refractivity (Wildman–Crippen MR) is 125 cm³/mol. The molecule has 0 radical (unpaired) electrons. The highest BCUT2D eigenvalue weighted by Crippen LogP contribution is 2.26. The van der Waals surface area contributed by atoms with E-state index in [1.54, 1.807) is 6.07 Å². The highest BCUT2D eigenvalue weighted by molar-refractivity contribution is 7.89. The van der Waals surface area contributed by atoms with E-state index in [0.717, 1.165) is 5.56 Å². The summed E-state index contributed by atoms with van der Waals surface area (Å²) >= 11 is 6.34. The number of Topliss-reactive ketones (excluding diaryl/α,β-unsaturated/α-hetero) is 1. The van der Waals surface area contributed by atoms with Gasteiger partial charge in [-0.2, -0.15) is 4.31 Å². The number of aryl methyl sites for hydroxylation is 1. The van der Waals surface area contributed by atoms with Crippen molar-refractivity contribution in [3.05, 3.63) is 77.3 Å². The average Bonchev–Trinajstić information content (AvgIpc) is 2.80. The normalized spacial score (nSPS) is 15.3. The summed E-state index contributed by atoms with van der Waals surface area (Å²) in [6.45, 7) is 4.04. The fraction of sp³-hybridized carbons (Fsp3) is 0.333. The minimum Gasteiger partial charge on any atom is -0.350 e. The Morgan fingerprint density at radius 3 is 2.44 bits per heavy atom. The number of piperidine rings is 1. The number of halogens is 1. The van der Waals surface area contributed by atoms with Crippen LogP contribution in [-0.4, -0.2) is 43.5 Å². The Morgan fingerprint density at radius 1 is 1.12 bits per heavy atom. The van der Waals surface area contributed by atoms with Gasteiger partial charge in [-0.1, -0.05) is 54.6 Å². The molecular weight excluding hydrogens is 448 g/mol. The highest BCUT2D eigenvalue weighted by Gasteiger charge is 2.30. The largest absolute Gasteiger partial charge is 0.350 e. The van der Waals surface area contributed by atoms with Crippen molar-refractivity contribution in [3.8, 4) is 0 Å². The van der Waals surface area contributed by atoms with Crippen LogP contribution < -0.4 is 5.32 Å². The second-order valence-electron chi connectivity index (χ2n) is 7.85. The number of ketones is 1. The van der Waals surface area contributed by atoms with Crippen molar-refractivity contribution in [2.45, 2.75) is 43.0 Å². The molecule has 2 aromatic rings. The molecule has 1 aliphatic rings. The SMILES string of the molecule is C=CC(=O)NC1CCN(S(=O)(=O)c2ccc(CC(=O)CCc3ccccc3)c(Cl)c2)CC1. The number of amides is 1. The summed E-state index contributed by atoms with van der Waals surface area (Å²) in [4.78, 5) is 23.9. The lowest BCUT2D eigenvalue weighted by Gasteiger charge is -2.31. The molecule has 2 aromatic carbocycles.